The highest BCUT2D eigenvalue weighted by atomic mass is 79.9. The number of anilines is 6. The largest absolute Gasteiger partial charge is 0.593 e. The van der Waals surface area contributed by atoms with E-state index in [0.29, 0.717) is 63.3 Å². The van der Waals surface area contributed by atoms with Crippen LogP contribution in [0.3, 0.4) is 0 Å². The predicted octanol–water partition coefficient (Wildman–Crippen LogP) is 4.64. The fourth-order valence-corrected chi connectivity index (χ4v) is 5.76. The SMILES string of the molecule is COc1cc(N2CCOCC2)c(-c2cnn(C)c2)cc1Nc1ncc(Br)c(Nc2ccc3nccnc3c2N(C)[S+](C)[O-])n1. The minimum absolute atomic E-state index is 0.347. The number of hydrogen-bond donors (Lipinski definition) is 2. The molecule has 1 saturated heterocycles. The van der Waals surface area contributed by atoms with Gasteiger partial charge in [0.15, 0.2) is 0 Å². The fourth-order valence-electron chi connectivity index (χ4n) is 5.03. The van der Waals surface area contributed by atoms with Crippen LogP contribution in [-0.4, -0.2) is 81.0 Å². The highest BCUT2D eigenvalue weighted by molar-refractivity contribution is 9.10. The first-order valence-electron chi connectivity index (χ1n) is 13.7. The second-order valence-corrected chi connectivity index (χ2v) is 12.3. The van der Waals surface area contributed by atoms with Crippen molar-refractivity contribution in [1.29, 1.82) is 0 Å². The van der Waals surface area contributed by atoms with Gasteiger partial charge < -0.3 is 29.6 Å². The van der Waals surface area contributed by atoms with E-state index >= 15 is 0 Å². The van der Waals surface area contributed by atoms with E-state index in [1.807, 2.05) is 43.7 Å². The van der Waals surface area contributed by atoms with Gasteiger partial charge in [-0.25, -0.2) is 4.98 Å². The standard InChI is InChI=1S/C29H31BrN10O3S/c1-38-17-18(15-34-38)19-13-23(25(42-3)14-24(19)40-9-11-43-12-10-40)36-29-33-16-20(30)28(37-29)35-22-6-5-21-26(32-8-7-31-21)27(22)39(2)44(4)41/h5-8,13-17H,9-12H2,1-4H3,(H2,33,35,36,37). The van der Waals surface area contributed by atoms with Gasteiger partial charge in [0, 0.05) is 67.8 Å². The average molecular weight is 680 g/mol. The molecular formula is C29H31BrN10O3S. The molecule has 2 N–H and O–H groups in total. The summed E-state index contributed by atoms with van der Waals surface area (Å²) >= 11 is 2.27. The van der Waals surface area contributed by atoms with Gasteiger partial charge in [0.2, 0.25) is 5.95 Å². The Labute approximate surface area is 266 Å². The van der Waals surface area contributed by atoms with Gasteiger partial charge in [0.05, 0.1) is 66.3 Å². The third-order valence-electron chi connectivity index (χ3n) is 7.24. The maximum Gasteiger partial charge on any atom is 0.229 e. The van der Waals surface area contributed by atoms with E-state index in [4.69, 9.17) is 14.5 Å². The Morgan fingerprint density at radius 3 is 2.59 bits per heavy atom. The highest BCUT2D eigenvalue weighted by Crippen LogP contribution is 2.41. The smallest absolute Gasteiger partial charge is 0.229 e. The van der Waals surface area contributed by atoms with Gasteiger partial charge in [-0.1, -0.05) is 0 Å². The van der Waals surface area contributed by atoms with E-state index in [0.717, 1.165) is 29.9 Å². The van der Waals surface area contributed by atoms with Gasteiger partial charge in [-0.2, -0.15) is 14.4 Å². The number of rotatable bonds is 9. The minimum Gasteiger partial charge on any atom is -0.593 e. The van der Waals surface area contributed by atoms with Crippen LogP contribution in [-0.2, 0) is 23.1 Å². The molecule has 1 aliphatic heterocycles. The molecular weight excluding hydrogens is 648 g/mol. The minimum atomic E-state index is -1.31. The van der Waals surface area contributed by atoms with Crippen molar-refractivity contribution in [2.45, 2.75) is 0 Å². The maximum absolute atomic E-state index is 12.5. The number of morpholine rings is 1. The Morgan fingerprint density at radius 1 is 1.07 bits per heavy atom. The monoisotopic (exact) mass is 678 g/mol. The molecule has 1 fully saturated rings. The number of aromatic nitrogens is 6. The normalized spacial score (nSPS) is 14.0. The van der Waals surface area contributed by atoms with Gasteiger partial charge in [-0.3, -0.25) is 14.6 Å². The van der Waals surface area contributed by atoms with Gasteiger partial charge in [-0.05, 0) is 34.1 Å². The first-order valence-corrected chi connectivity index (χ1v) is 16.0. The first kappa shape index (κ1) is 29.9. The molecule has 228 valence electrons. The molecule has 1 unspecified atom stereocenters. The Balaban J connectivity index is 1.37. The average Bonchev–Trinajstić information content (AvgIpc) is 3.48. The maximum atomic E-state index is 12.5. The lowest BCUT2D eigenvalue weighted by Crippen LogP contribution is -2.36. The number of nitrogens with zero attached hydrogens (tertiary/aromatic N) is 8. The molecule has 15 heteroatoms. The van der Waals surface area contributed by atoms with E-state index in [2.05, 4.69) is 51.5 Å². The number of benzene rings is 2. The van der Waals surface area contributed by atoms with E-state index < -0.39 is 11.4 Å². The van der Waals surface area contributed by atoms with Crippen LogP contribution < -0.4 is 24.6 Å². The topological polar surface area (TPSA) is 141 Å². The summed E-state index contributed by atoms with van der Waals surface area (Å²) in [6, 6.07) is 7.78. The van der Waals surface area contributed by atoms with Crippen molar-refractivity contribution in [2.24, 2.45) is 7.05 Å². The number of hydrogen-bond acceptors (Lipinski definition) is 12. The van der Waals surface area contributed by atoms with Crippen LogP contribution >= 0.6 is 15.9 Å². The predicted molar refractivity (Wildman–Crippen MR) is 177 cm³/mol. The second kappa shape index (κ2) is 12.8. The van der Waals surface area contributed by atoms with E-state index in [9.17, 15) is 4.55 Å². The lowest BCUT2D eigenvalue weighted by Gasteiger charge is -2.31. The van der Waals surface area contributed by atoms with E-state index in [-0.39, 0.29) is 0 Å². The summed E-state index contributed by atoms with van der Waals surface area (Å²) in [4.78, 5) is 20.5. The third kappa shape index (κ3) is 6.08. The van der Waals surface area contributed by atoms with Gasteiger partial charge in [0.25, 0.3) is 0 Å². The molecule has 0 aliphatic carbocycles. The molecule has 5 aromatic rings. The Bertz CT molecular complexity index is 1800. The Kier molecular flexibility index (Phi) is 8.70. The number of methoxy groups -OCH3 is 1. The molecule has 4 heterocycles. The second-order valence-electron chi connectivity index (χ2n) is 10.0. The van der Waals surface area contributed by atoms with Crippen LogP contribution in [0.4, 0.5) is 34.5 Å². The fraction of sp³-hybridized carbons (Fsp3) is 0.276. The summed E-state index contributed by atoms with van der Waals surface area (Å²) in [5, 5.41) is 11.1. The Morgan fingerprint density at radius 2 is 1.86 bits per heavy atom. The number of ether oxygens (including phenoxy) is 2. The summed E-state index contributed by atoms with van der Waals surface area (Å²) in [5.41, 5.74) is 6.30. The molecule has 13 nitrogen and oxygen atoms in total. The quantitative estimate of drug-likeness (QED) is 0.210. The van der Waals surface area contributed by atoms with Crippen molar-refractivity contribution in [3.8, 4) is 16.9 Å². The Hall–Kier alpha value is -4.18. The lowest BCUT2D eigenvalue weighted by atomic mass is 10.0. The molecule has 0 amide bonds. The molecule has 0 spiro atoms. The molecule has 1 atom stereocenters. The molecule has 3 aromatic heterocycles. The van der Waals surface area contributed by atoms with E-state index in [1.54, 1.807) is 48.0 Å². The number of aryl methyl sites for hydroxylation is 1. The van der Waals surface area contributed by atoms with Gasteiger partial charge >= 0.3 is 0 Å². The van der Waals surface area contributed by atoms with Crippen molar-refractivity contribution in [1.82, 2.24) is 29.7 Å². The molecule has 6 rings (SSSR count). The van der Waals surface area contributed by atoms with Gasteiger partial charge in [-0.15, -0.1) is 0 Å². The summed E-state index contributed by atoms with van der Waals surface area (Å²) in [6.45, 7) is 2.87. The molecule has 1 aliphatic rings. The molecule has 44 heavy (non-hydrogen) atoms. The lowest BCUT2D eigenvalue weighted by molar-refractivity contribution is 0.122. The van der Waals surface area contributed by atoms with Crippen LogP contribution in [0.1, 0.15) is 0 Å². The van der Waals surface area contributed by atoms with Crippen LogP contribution in [0, 0.1) is 0 Å². The highest BCUT2D eigenvalue weighted by Gasteiger charge is 2.23. The van der Waals surface area contributed by atoms with Crippen molar-refractivity contribution in [3.05, 3.63) is 59.7 Å². The first-order chi connectivity index (χ1) is 21.3. The summed E-state index contributed by atoms with van der Waals surface area (Å²) in [6.07, 6.45) is 10.3. The molecule has 0 bridgehead atoms. The van der Waals surface area contributed by atoms with Crippen molar-refractivity contribution < 1.29 is 14.0 Å². The van der Waals surface area contributed by atoms with Crippen molar-refractivity contribution in [2.75, 3.05) is 66.6 Å². The zero-order chi connectivity index (χ0) is 30.8. The zero-order valence-corrected chi connectivity index (χ0v) is 27.0. The summed E-state index contributed by atoms with van der Waals surface area (Å²) < 4.78 is 28.0. The van der Waals surface area contributed by atoms with Crippen LogP contribution in [0.15, 0.2) is 59.7 Å². The van der Waals surface area contributed by atoms with Crippen LogP contribution in [0.25, 0.3) is 22.2 Å². The van der Waals surface area contributed by atoms with Crippen LogP contribution in [0.2, 0.25) is 0 Å². The number of halogens is 1. The van der Waals surface area contributed by atoms with Crippen molar-refractivity contribution >= 4 is 72.8 Å². The summed E-state index contributed by atoms with van der Waals surface area (Å²) in [7, 11) is 5.29. The third-order valence-corrected chi connectivity index (χ3v) is 8.78. The van der Waals surface area contributed by atoms with Crippen LogP contribution in [0.5, 0.6) is 5.75 Å². The van der Waals surface area contributed by atoms with Gasteiger partial charge in [0.1, 0.15) is 29.0 Å². The number of nitrogens with one attached hydrogen (secondary N) is 2. The molecule has 0 saturated carbocycles. The zero-order valence-electron chi connectivity index (χ0n) is 24.6. The molecule has 2 aromatic carbocycles. The van der Waals surface area contributed by atoms with E-state index in [1.165, 1.54) is 0 Å². The molecule has 0 radical (unpaired) electrons. The summed E-state index contributed by atoms with van der Waals surface area (Å²) in [5.74, 6) is 1.49. The number of fused-ring (bicyclic) bond motifs is 1. The van der Waals surface area contributed by atoms with Crippen molar-refractivity contribution in [3.63, 3.8) is 0 Å².